The summed E-state index contributed by atoms with van der Waals surface area (Å²) in [6.45, 7) is 0. The molecule has 0 aliphatic rings. The van der Waals surface area contributed by atoms with Gasteiger partial charge in [0.25, 0.3) is 10.0 Å². The Bertz CT molecular complexity index is 941. The minimum atomic E-state index is -3.87. The van der Waals surface area contributed by atoms with Crippen LogP contribution < -0.4 is 4.72 Å². The van der Waals surface area contributed by atoms with Crippen molar-refractivity contribution in [1.82, 2.24) is 19.5 Å². The van der Waals surface area contributed by atoms with E-state index in [4.69, 9.17) is 23.2 Å². The molecule has 2 heterocycles. The zero-order valence-corrected chi connectivity index (χ0v) is 13.7. The van der Waals surface area contributed by atoms with E-state index in [-0.39, 0.29) is 10.3 Å². The maximum Gasteiger partial charge on any atom is 0.279 e. The first-order valence-electron chi connectivity index (χ1n) is 6.25. The standard InChI is InChI=1S/C13H9Cl2N5O2S/c14-9-1-3-10(4-2-9)19-23(21,22)12-7-16-8-20(12)11-5-6-17-13(15)18-11/h1-8,19H. The Morgan fingerprint density at radius 3 is 2.52 bits per heavy atom. The Morgan fingerprint density at radius 2 is 1.83 bits per heavy atom. The third kappa shape index (κ3) is 3.44. The van der Waals surface area contributed by atoms with Crippen molar-refractivity contribution in [1.29, 1.82) is 0 Å². The van der Waals surface area contributed by atoms with Gasteiger partial charge in [-0.05, 0) is 41.9 Å². The summed E-state index contributed by atoms with van der Waals surface area (Å²) in [6, 6.07) is 7.81. The molecule has 0 amide bonds. The van der Waals surface area contributed by atoms with Crippen molar-refractivity contribution in [3.05, 3.63) is 59.4 Å². The van der Waals surface area contributed by atoms with Crippen LogP contribution in [0.1, 0.15) is 0 Å². The fraction of sp³-hybridized carbons (Fsp3) is 0. The lowest BCUT2D eigenvalue weighted by Gasteiger charge is -2.10. The van der Waals surface area contributed by atoms with Gasteiger partial charge in [-0.3, -0.25) is 9.29 Å². The SMILES string of the molecule is O=S(=O)(Nc1ccc(Cl)cc1)c1cncn1-c1ccnc(Cl)n1. The van der Waals surface area contributed by atoms with Crippen molar-refractivity contribution in [2.75, 3.05) is 4.72 Å². The molecule has 0 fully saturated rings. The molecule has 0 saturated carbocycles. The van der Waals surface area contributed by atoms with Gasteiger partial charge in [0.1, 0.15) is 12.1 Å². The van der Waals surface area contributed by atoms with Gasteiger partial charge >= 0.3 is 0 Å². The summed E-state index contributed by atoms with van der Waals surface area (Å²) < 4.78 is 28.8. The fourth-order valence-corrected chi connectivity index (χ4v) is 3.26. The molecule has 3 rings (SSSR count). The number of halogens is 2. The van der Waals surface area contributed by atoms with Crippen molar-refractivity contribution in [3.63, 3.8) is 0 Å². The van der Waals surface area contributed by atoms with Gasteiger partial charge in [0.05, 0.1) is 6.20 Å². The Labute approximate surface area is 142 Å². The Kier molecular flexibility index (Phi) is 4.20. The Morgan fingerprint density at radius 1 is 1.09 bits per heavy atom. The number of nitrogens with zero attached hydrogens (tertiary/aromatic N) is 4. The molecule has 0 saturated heterocycles. The van der Waals surface area contributed by atoms with E-state index >= 15 is 0 Å². The molecule has 0 aliphatic carbocycles. The first-order chi connectivity index (χ1) is 11.0. The summed E-state index contributed by atoms with van der Waals surface area (Å²) in [5.74, 6) is 0.291. The van der Waals surface area contributed by atoms with Gasteiger partial charge in [0.2, 0.25) is 5.28 Å². The van der Waals surface area contributed by atoms with Crippen molar-refractivity contribution in [2.45, 2.75) is 5.03 Å². The highest BCUT2D eigenvalue weighted by molar-refractivity contribution is 7.92. The van der Waals surface area contributed by atoms with Crippen molar-refractivity contribution in [2.24, 2.45) is 0 Å². The highest BCUT2D eigenvalue weighted by Crippen LogP contribution is 2.20. The number of nitrogens with one attached hydrogen (secondary N) is 1. The number of hydrogen-bond acceptors (Lipinski definition) is 5. The van der Waals surface area contributed by atoms with Crippen LogP contribution in [0.5, 0.6) is 0 Å². The topological polar surface area (TPSA) is 89.8 Å². The molecular formula is C13H9Cl2N5O2S. The molecule has 1 aromatic carbocycles. The van der Waals surface area contributed by atoms with E-state index < -0.39 is 10.0 Å². The zero-order chi connectivity index (χ0) is 16.4. The highest BCUT2D eigenvalue weighted by atomic mass is 35.5. The predicted molar refractivity (Wildman–Crippen MR) is 86.4 cm³/mol. The summed E-state index contributed by atoms with van der Waals surface area (Å²) in [5, 5.41) is 0.432. The van der Waals surface area contributed by atoms with Crippen LogP contribution in [0.2, 0.25) is 10.3 Å². The third-order valence-electron chi connectivity index (χ3n) is 2.83. The molecule has 0 radical (unpaired) electrons. The van der Waals surface area contributed by atoms with Crippen LogP contribution in [0.3, 0.4) is 0 Å². The van der Waals surface area contributed by atoms with Gasteiger partial charge in [-0.25, -0.2) is 9.97 Å². The Hall–Kier alpha value is -2.16. The van der Waals surface area contributed by atoms with Crippen molar-refractivity contribution < 1.29 is 8.42 Å². The van der Waals surface area contributed by atoms with Crippen LogP contribution in [-0.2, 0) is 10.0 Å². The van der Waals surface area contributed by atoms with Crippen LogP contribution in [-0.4, -0.2) is 27.9 Å². The smallest absolute Gasteiger partial charge is 0.278 e. The molecule has 0 spiro atoms. The summed E-state index contributed by atoms with van der Waals surface area (Å²) in [6.07, 6.45) is 3.97. The molecule has 23 heavy (non-hydrogen) atoms. The van der Waals surface area contributed by atoms with Crippen LogP contribution in [0.25, 0.3) is 5.82 Å². The number of rotatable bonds is 4. The number of hydrogen-bond donors (Lipinski definition) is 1. The molecule has 2 aromatic heterocycles. The van der Waals surface area contributed by atoms with E-state index in [0.717, 1.165) is 0 Å². The number of aromatic nitrogens is 4. The lowest BCUT2D eigenvalue weighted by atomic mass is 10.3. The second-order valence-electron chi connectivity index (χ2n) is 4.40. The lowest BCUT2D eigenvalue weighted by molar-refractivity contribution is 0.594. The average Bonchev–Trinajstić information content (AvgIpc) is 3.00. The number of sulfonamides is 1. The summed E-state index contributed by atoms with van der Waals surface area (Å²) in [5.41, 5.74) is 0.378. The van der Waals surface area contributed by atoms with E-state index in [1.165, 1.54) is 29.4 Å². The molecule has 10 heteroatoms. The molecule has 0 unspecified atom stereocenters. The molecule has 0 atom stereocenters. The average molecular weight is 370 g/mol. The maximum absolute atomic E-state index is 12.5. The van der Waals surface area contributed by atoms with Gasteiger partial charge in [-0.15, -0.1) is 0 Å². The predicted octanol–water partition coefficient (Wildman–Crippen LogP) is 2.77. The lowest BCUT2D eigenvalue weighted by Crippen LogP contribution is -2.17. The minimum absolute atomic E-state index is 0.00482. The number of benzene rings is 1. The summed E-state index contributed by atoms with van der Waals surface area (Å²) >= 11 is 11.5. The molecule has 7 nitrogen and oxygen atoms in total. The first-order valence-corrected chi connectivity index (χ1v) is 8.49. The van der Waals surface area contributed by atoms with Crippen LogP contribution in [0.15, 0.2) is 54.1 Å². The van der Waals surface area contributed by atoms with E-state index in [1.54, 1.807) is 24.3 Å². The fourth-order valence-electron chi connectivity index (χ4n) is 1.84. The third-order valence-corrected chi connectivity index (χ3v) is 4.63. The van der Waals surface area contributed by atoms with E-state index in [2.05, 4.69) is 19.7 Å². The summed E-state index contributed by atoms with van der Waals surface area (Å²) in [4.78, 5) is 11.6. The van der Waals surface area contributed by atoms with Crippen LogP contribution in [0, 0.1) is 0 Å². The molecule has 1 N–H and O–H groups in total. The normalized spacial score (nSPS) is 11.4. The van der Waals surface area contributed by atoms with E-state index in [0.29, 0.717) is 16.5 Å². The maximum atomic E-state index is 12.5. The van der Waals surface area contributed by atoms with Gasteiger partial charge in [-0.1, -0.05) is 11.6 Å². The van der Waals surface area contributed by atoms with Gasteiger partial charge in [0, 0.05) is 16.9 Å². The van der Waals surface area contributed by atoms with Crippen molar-refractivity contribution in [3.8, 4) is 5.82 Å². The second kappa shape index (κ2) is 6.15. The van der Waals surface area contributed by atoms with E-state index in [1.807, 2.05) is 0 Å². The van der Waals surface area contributed by atoms with E-state index in [9.17, 15) is 8.42 Å². The molecule has 0 bridgehead atoms. The first kappa shape index (κ1) is 15.7. The zero-order valence-electron chi connectivity index (χ0n) is 11.4. The molecule has 3 aromatic rings. The minimum Gasteiger partial charge on any atom is -0.278 e. The van der Waals surface area contributed by atoms with Crippen LogP contribution >= 0.6 is 23.2 Å². The van der Waals surface area contributed by atoms with Gasteiger partial charge in [0.15, 0.2) is 5.03 Å². The summed E-state index contributed by atoms with van der Waals surface area (Å²) in [7, 11) is -3.87. The Balaban J connectivity index is 1.98. The van der Waals surface area contributed by atoms with Gasteiger partial charge < -0.3 is 0 Å². The molecular weight excluding hydrogens is 361 g/mol. The van der Waals surface area contributed by atoms with Gasteiger partial charge in [-0.2, -0.15) is 13.4 Å². The monoisotopic (exact) mass is 369 g/mol. The van der Waals surface area contributed by atoms with Crippen LogP contribution in [0.4, 0.5) is 5.69 Å². The quantitative estimate of drug-likeness (QED) is 0.714. The highest BCUT2D eigenvalue weighted by Gasteiger charge is 2.21. The number of imidazole rings is 1. The number of anilines is 1. The second-order valence-corrected chi connectivity index (χ2v) is 6.80. The largest absolute Gasteiger partial charge is 0.279 e. The van der Waals surface area contributed by atoms with Crippen molar-refractivity contribution >= 4 is 38.9 Å². The molecule has 118 valence electrons. The molecule has 0 aliphatic heterocycles.